The summed E-state index contributed by atoms with van der Waals surface area (Å²) in [7, 11) is 1.33. The zero-order valence-electron chi connectivity index (χ0n) is 11.5. The maximum absolute atomic E-state index is 13.3. The summed E-state index contributed by atoms with van der Waals surface area (Å²) in [4.78, 5) is 12.2. The van der Waals surface area contributed by atoms with Crippen LogP contribution in [0.1, 0.15) is 22.0 Å². The number of aliphatic hydroxyl groups is 1. The Balaban J connectivity index is 2.16. The molecule has 0 aliphatic rings. The molecule has 0 saturated carbocycles. The SMILES string of the molecule is COc1cc(C(=O)N[C@@H](CO)c2ccccc2)ccc1F. The molecule has 0 aliphatic heterocycles. The number of nitrogens with one attached hydrogen (secondary N) is 1. The van der Waals surface area contributed by atoms with Crippen molar-refractivity contribution in [2.24, 2.45) is 0 Å². The molecule has 0 aromatic heterocycles. The number of rotatable bonds is 5. The normalized spacial score (nSPS) is 11.8. The molecule has 0 fully saturated rings. The minimum Gasteiger partial charge on any atom is -0.494 e. The molecular formula is C16H16FNO3. The van der Waals surface area contributed by atoms with Gasteiger partial charge in [-0.25, -0.2) is 4.39 Å². The first-order valence-electron chi connectivity index (χ1n) is 6.46. The van der Waals surface area contributed by atoms with E-state index < -0.39 is 17.8 Å². The second-order valence-corrected chi connectivity index (χ2v) is 4.47. The summed E-state index contributed by atoms with van der Waals surface area (Å²) in [5.74, 6) is -0.935. The van der Waals surface area contributed by atoms with Gasteiger partial charge in [-0.3, -0.25) is 4.79 Å². The van der Waals surface area contributed by atoms with Crippen LogP contribution in [0.3, 0.4) is 0 Å². The van der Waals surface area contributed by atoms with E-state index in [2.05, 4.69) is 5.32 Å². The van der Waals surface area contributed by atoms with Gasteiger partial charge in [-0.15, -0.1) is 0 Å². The van der Waals surface area contributed by atoms with Crippen molar-refractivity contribution in [2.75, 3.05) is 13.7 Å². The highest BCUT2D eigenvalue weighted by atomic mass is 19.1. The lowest BCUT2D eigenvalue weighted by Gasteiger charge is -2.17. The highest BCUT2D eigenvalue weighted by molar-refractivity contribution is 5.94. The van der Waals surface area contributed by atoms with Gasteiger partial charge in [0, 0.05) is 5.56 Å². The smallest absolute Gasteiger partial charge is 0.251 e. The highest BCUT2D eigenvalue weighted by Gasteiger charge is 2.16. The Labute approximate surface area is 122 Å². The quantitative estimate of drug-likeness (QED) is 0.888. The molecule has 2 N–H and O–H groups in total. The van der Waals surface area contributed by atoms with E-state index >= 15 is 0 Å². The average Bonchev–Trinajstić information content (AvgIpc) is 2.53. The summed E-state index contributed by atoms with van der Waals surface area (Å²) in [6, 6.07) is 12.5. The molecule has 5 heteroatoms. The van der Waals surface area contributed by atoms with Gasteiger partial charge >= 0.3 is 0 Å². The molecule has 0 spiro atoms. The van der Waals surface area contributed by atoms with E-state index in [1.54, 1.807) is 0 Å². The predicted octanol–water partition coefficient (Wildman–Crippen LogP) is 2.30. The van der Waals surface area contributed by atoms with Crippen molar-refractivity contribution in [3.8, 4) is 5.75 Å². The Morgan fingerprint density at radius 1 is 1.29 bits per heavy atom. The summed E-state index contributed by atoms with van der Waals surface area (Å²) in [5.41, 5.74) is 1.06. The first kappa shape index (κ1) is 15.0. The monoisotopic (exact) mass is 289 g/mol. The molecule has 110 valence electrons. The van der Waals surface area contributed by atoms with Gasteiger partial charge in [-0.05, 0) is 23.8 Å². The van der Waals surface area contributed by atoms with Crippen molar-refractivity contribution >= 4 is 5.91 Å². The average molecular weight is 289 g/mol. The Morgan fingerprint density at radius 2 is 2.00 bits per heavy atom. The first-order chi connectivity index (χ1) is 10.2. The van der Waals surface area contributed by atoms with Gasteiger partial charge in [0.25, 0.3) is 5.91 Å². The van der Waals surface area contributed by atoms with E-state index in [1.165, 1.54) is 25.3 Å². The summed E-state index contributed by atoms with van der Waals surface area (Å²) in [6.45, 7) is -0.228. The number of halogens is 1. The van der Waals surface area contributed by atoms with Crippen LogP contribution in [-0.4, -0.2) is 24.7 Å². The fourth-order valence-electron chi connectivity index (χ4n) is 1.96. The fourth-order valence-corrected chi connectivity index (χ4v) is 1.96. The van der Waals surface area contributed by atoms with E-state index in [1.807, 2.05) is 30.3 Å². The molecule has 21 heavy (non-hydrogen) atoms. The number of ether oxygens (including phenoxy) is 1. The van der Waals surface area contributed by atoms with Gasteiger partial charge in [0.15, 0.2) is 11.6 Å². The van der Waals surface area contributed by atoms with Crippen molar-refractivity contribution < 1.29 is 19.0 Å². The molecular weight excluding hydrogens is 273 g/mol. The Hall–Kier alpha value is -2.40. The molecule has 1 atom stereocenters. The van der Waals surface area contributed by atoms with E-state index in [0.29, 0.717) is 0 Å². The van der Waals surface area contributed by atoms with Crippen molar-refractivity contribution in [2.45, 2.75) is 6.04 Å². The maximum atomic E-state index is 13.3. The standard InChI is InChI=1S/C16H16FNO3/c1-21-15-9-12(7-8-13(15)17)16(20)18-14(10-19)11-5-3-2-4-6-11/h2-9,14,19H,10H2,1H3,(H,18,20)/t14-/m0/s1. The summed E-state index contributed by atoms with van der Waals surface area (Å²) < 4.78 is 18.2. The molecule has 0 bridgehead atoms. The van der Waals surface area contributed by atoms with Crippen molar-refractivity contribution in [1.82, 2.24) is 5.32 Å². The van der Waals surface area contributed by atoms with Gasteiger partial charge in [0.05, 0.1) is 19.8 Å². The van der Waals surface area contributed by atoms with E-state index in [0.717, 1.165) is 5.56 Å². The molecule has 0 heterocycles. The highest BCUT2D eigenvalue weighted by Crippen LogP contribution is 2.19. The zero-order valence-corrected chi connectivity index (χ0v) is 11.5. The van der Waals surface area contributed by atoms with Crippen LogP contribution in [0.5, 0.6) is 5.75 Å². The number of amides is 1. The third kappa shape index (κ3) is 3.58. The summed E-state index contributed by atoms with van der Waals surface area (Å²) >= 11 is 0. The third-order valence-electron chi connectivity index (χ3n) is 3.10. The summed E-state index contributed by atoms with van der Waals surface area (Å²) in [6.07, 6.45) is 0. The molecule has 2 rings (SSSR count). The van der Waals surface area contributed by atoms with E-state index in [-0.39, 0.29) is 17.9 Å². The number of hydrogen-bond donors (Lipinski definition) is 2. The zero-order chi connectivity index (χ0) is 15.2. The Bertz CT molecular complexity index is 616. The van der Waals surface area contributed by atoms with Gasteiger partial charge in [0.2, 0.25) is 0 Å². The minimum absolute atomic E-state index is 0.00269. The summed E-state index contributed by atoms with van der Waals surface area (Å²) in [5, 5.41) is 12.1. The molecule has 4 nitrogen and oxygen atoms in total. The van der Waals surface area contributed by atoms with Crippen molar-refractivity contribution in [3.63, 3.8) is 0 Å². The topological polar surface area (TPSA) is 58.6 Å². The molecule has 0 unspecified atom stereocenters. The lowest BCUT2D eigenvalue weighted by molar-refractivity contribution is 0.0915. The molecule has 1 amide bonds. The molecule has 0 aliphatic carbocycles. The molecule has 0 radical (unpaired) electrons. The Kier molecular flexibility index (Phi) is 4.90. The van der Waals surface area contributed by atoms with Crippen LogP contribution < -0.4 is 10.1 Å². The lowest BCUT2D eigenvalue weighted by atomic mass is 10.1. The second-order valence-electron chi connectivity index (χ2n) is 4.47. The van der Waals surface area contributed by atoms with Crippen LogP contribution in [0, 0.1) is 5.82 Å². The number of carbonyl (C=O) groups is 1. The van der Waals surface area contributed by atoms with E-state index in [9.17, 15) is 14.3 Å². The predicted molar refractivity (Wildman–Crippen MR) is 76.7 cm³/mol. The van der Waals surface area contributed by atoms with Gasteiger partial charge in [-0.1, -0.05) is 30.3 Å². The third-order valence-corrected chi connectivity index (χ3v) is 3.10. The fraction of sp³-hybridized carbons (Fsp3) is 0.188. The molecule has 2 aromatic rings. The number of benzene rings is 2. The first-order valence-corrected chi connectivity index (χ1v) is 6.46. The number of carbonyl (C=O) groups excluding carboxylic acids is 1. The number of hydrogen-bond acceptors (Lipinski definition) is 3. The van der Waals surface area contributed by atoms with Crippen LogP contribution >= 0.6 is 0 Å². The molecule has 2 aromatic carbocycles. The van der Waals surface area contributed by atoms with Crippen molar-refractivity contribution in [1.29, 1.82) is 0 Å². The number of methoxy groups -OCH3 is 1. The van der Waals surface area contributed by atoms with Gasteiger partial charge in [-0.2, -0.15) is 0 Å². The lowest BCUT2D eigenvalue weighted by Crippen LogP contribution is -2.30. The second kappa shape index (κ2) is 6.85. The van der Waals surface area contributed by atoms with E-state index in [4.69, 9.17) is 4.74 Å². The largest absolute Gasteiger partial charge is 0.494 e. The van der Waals surface area contributed by atoms with Crippen LogP contribution in [0.25, 0.3) is 0 Å². The van der Waals surface area contributed by atoms with Crippen molar-refractivity contribution in [3.05, 3.63) is 65.5 Å². The van der Waals surface area contributed by atoms with Crippen LogP contribution in [-0.2, 0) is 0 Å². The van der Waals surface area contributed by atoms with Crippen LogP contribution in [0.2, 0.25) is 0 Å². The van der Waals surface area contributed by atoms with Crippen LogP contribution in [0.15, 0.2) is 48.5 Å². The minimum atomic E-state index is -0.532. The maximum Gasteiger partial charge on any atom is 0.251 e. The van der Waals surface area contributed by atoms with Crippen LogP contribution in [0.4, 0.5) is 4.39 Å². The Morgan fingerprint density at radius 3 is 2.62 bits per heavy atom. The van der Waals surface area contributed by atoms with Gasteiger partial charge in [0.1, 0.15) is 0 Å². The number of aliphatic hydroxyl groups excluding tert-OH is 1. The molecule has 0 saturated heterocycles. The van der Waals surface area contributed by atoms with Gasteiger partial charge < -0.3 is 15.2 Å².